The quantitative estimate of drug-likeness (QED) is 0.425. The lowest BCUT2D eigenvalue weighted by Gasteiger charge is -2.26. The topological polar surface area (TPSA) is 3.24 Å². The molecule has 0 aromatic heterocycles. The average molecular weight is 346 g/mol. The molecule has 0 unspecified atom stereocenters. The summed E-state index contributed by atoms with van der Waals surface area (Å²) in [5.74, 6) is 0. The molecule has 0 saturated heterocycles. The molecule has 0 spiro atoms. The fraction of sp³-hybridized carbons (Fsp3) is 0.280. The SMILES string of the molecule is C=C/C=C(\C=C/CC)N(c1ccc(C)cc1)c1ccc(CCCC)cc1. The van der Waals surface area contributed by atoms with Crippen LogP contribution in [-0.2, 0) is 6.42 Å². The molecule has 2 aromatic rings. The maximum absolute atomic E-state index is 3.90. The van der Waals surface area contributed by atoms with Gasteiger partial charge in [-0.3, -0.25) is 0 Å². The van der Waals surface area contributed by atoms with Crippen molar-refractivity contribution < 1.29 is 0 Å². The average Bonchev–Trinajstić information content (AvgIpc) is 2.67. The second-order valence-electron chi connectivity index (χ2n) is 6.58. The number of nitrogens with zero attached hydrogens (tertiary/aromatic N) is 1. The van der Waals surface area contributed by atoms with Gasteiger partial charge in [0.15, 0.2) is 0 Å². The first-order chi connectivity index (χ1) is 12.7. The highest BCUT2D eigenvalue weighted by Crippen LogP contribution is 2.31. The minimum absolute atomic E-state index is 1.01. The number of anilines is 2. The van der Waals surface area contributed by atoms with Gasteiger partial charge in [0.25, 0.3) is 0 Å². The summed E-state index contributed by atoms with van der Waals surface area (Å²) in [7, 11) is 0. The summed E-state index contributed by atoms with van der Waals surface area (Å²) >= 11 is 0. The summed E-state index contributed by atoms with van der Waals surface area (Å²) in [4.78, 5) is 2.29. The number of allylic oxidation sites excluding steroid dienone is 4. The van der Waals surface area contributed by atoms with Crippen molar-refractivity contribution in [2.75, 3.05) is 4.90 Å². The predicted octanol–water partition coefficient (Wildman–Crippen LogP) is 7.51. The third-order valence-corrected chi connectivity index (χ3v) is 4.38. The highest BCUT2D eigenvalue weighted by molar-refractivity contribution is 5.70. The number of unbranched alkanes of at least 4 members (excludes halogenated alkanes) is 1. The normalized spacial score (nSPS) is 11.7. The Labute approximate surface area is 159 Å². The molecule has 0 atom stereocenters. The zero-order chi connectivity index (χ0) is 18.8. The third-order valence-electron chi connectivity index (χ3n) is 4.38. The molecule has 0 aliphatic carbocycles. The number of hydrogen-bond acceptors (Lipinski definition) is 1. The molecule has 26 heavy (non-hydrogen) atoms. The van der Waals surface area contributed by atoms with Crippen molar-refractivity contribution in [3.63, 3.8) is 0 Å². The van der Waals surface area contributed by atoms with E-state index in [1.54, 1.807) is 0 Å². The van der Waals surface area contributed by atoms with E-state index in [4.69, 9.17) is 0 Å². The van der Waals surface area contributed by atoms with E-state index in [1.807, 2.05) is 6.08 Å². The molecular formula is C25H31N. The summed E-state index contributed by atoms with van der Waals surface area (Å²) in [5.41, 5.74) is 6.11. The second-order valence-corrected chi connectivity index (χ2v) is 6.58. The Morgan fingerprint density at radius 1 is 0.962 bits per heavy atom. The molecule has 0 N–H and O–H groups in total. The first-order valence-electron chi connectivity index (χ1n) is 9.64. The Bertz CT molecular complexity index is 733. The number of aryl methyl sites for hydroxylation is 2. The van der Waals surface area contributed by atoms with Crippen LogP contribution in [0.15, 0.2) is 85.1 Å². The lowest BCUT2D eigenvalue weighted by Crippen LogP contribution is -2.15. The van der Waals surface area contributed by atoms with E-state index in [0.717, 1.165) is 24.2 Å². The van der Waals surface area contributed by atoms with Crippen molar-refractivity contribution in [3.05, 3.63) is 96.2 Å². The van der Waals surface area contributed by atoms with Crippen LogP contribution in [0, 0.1) is 6.92 Å². The molecule has 0 amide bonds. The monoisotopic (exact) mass is 345 g/mol. The zero-order valence-corrected chi connectivity index (χ0v) is 16.4. The molecule has 0 saturated carbocycles. The van der Waals surface area contributed by atoms with Gasteiger partial charge >= 0.3 is 0 Å². The van der Waals surface area contributed by atoms with Gasteiger partial charge in [0.2, 0.25) is 0 Å². The third kappa shape index (κ3) is 5.49. The fourth-order valence-corrected chi connectivity index (χ4v) is 2.90. The van der Waals surface area contributed by atoms with E-state index in [2.05, 4.69) is 99.0 Å². The molecule has 2 rings (SSSR count). The van der Waals surface area contributed by atoms with E-state index >= 15 is 0 Å². The minimum Gasteiger partial charge on any atom is -0.311 e. The second kappa shape index (κ2) is 10.5. The van der Waals surface area contributed by atoms with Crippen LogP contribution < -0.4 is 4.90 Å². The first-order valence-corrected chi connectivity index (χ1v) is 9.64. The smallest absolute Gasteiger partial charge is 0.0461 e. The Morgan fingerprint density at radius 3 is 2.12 bits per heavy atom. The van der Waals surface area contributed by atoms with Crippen molar-refractivity contribution in [3.8, 4) is 0 Å². The van der Waals surface area contributed by atoms with E-state index in [1.165, 1.54) is 29.7 Å². The summed E-state index contributed by atoms with van der Waals surface area (Å²) in [6.07, 6.45) is 12.9. The largest absolute Gasteiger partial charge is 0.311 e. The van der Waals surface area contributed by atoms with E-state index < -0.39 is 0 Å². The number of benzene rings is 2. The molecule has 136 valence electrons. The van der Waals surface area contributed by atoms with Crippen LogP contribution in [0.25, 0.3) is 0 Å². The molecule has 1 heteroatoms. The fourth-order valence-electron chi connectivity index (χ4n) is 2.90. The van der Waals surface area contributed by atoms with Gasteiger partial charge in [-0.15, -0.1) is 0 Å². The molecule has 0 aliphatic heterocycles. The van der Waals surface area contributed by atoms with Crippen LogP contribution in [0.5, 0.6) is 0 Å². The van der Waals surface area contributed by atoms with Crippen LogP contribution in [-0.4, -0.2) is 0 Å². The molecule has 0 bridgehead atoms. The molecule has 0 fully saturated rings. The molecule has 0 radical (unpaired) electrons. The Balaban J connectivity index is 2.45. The minimum atomic E-state index is 1.01. The summed E-state index contributed by atoms with van der Waals surface area (Å²) in [5, 5.41) is 0. The molecular weight excluding hydrogens is 314 g/mol. The molecule has 0 aliphatic rings. The summed E-state index contributed by atoms with van der Waals surface area (Å²) < 4.78 is 0. The lowest BCUT2D eigenvalue weighted by atomic mass is 10.1. The van der Waals surface area contributed by atoms with Crippen LogP contribution in [0.2, 0.25) is 0 Å². The van der Waals surface area contributed by atoms with Crippen LogP contribution >= 0.6 is 0 Å². The Hall–Kier alpha value is -2.54. The van der Waals surface area contributed by atoms with Crippen molar-refractivity contribution in [2.45, 2.75) is 46.5 Å². The summed E-state index contributed by atoms with van der Waals surface area (Å²) in [6, 6.07) is 17.6. The highest BCUT2D eigenvalue weighted by atomic mass is 15.1. The molecule has 2 aromatic carbocycles. The van der Waals surface area contributed by atoms with Gasteiger partial charge in [0.05, 0.1) is 0 Å². The standard InChI is InChI=1S/C25H31N/c1-5-8-11-22-15-19-25(20-16-22)26(23(10-7-3)12-9-6-2)24-17-13-21(4)14-18-24/h7,9-10,12-20H,3,5-6,8,11H2,1-2,4H3/b12-9-,23-10+. The molecule has 1 nitrogen and oxygen atoms in total. The van der Waals surface area contributed by atoms with Crippen LogP contribution in [0.3, 0.4) is 0 Å². The van der Waals surface area contributed by atoms with Crippen molar-refractivity contribution in [1.29, 1.82) is 0 Å². The van der Waals surface area contributed by atoms with Gasteiger partial charge in [-0.05, 0) is 68.2 Å². The molecule has 0 heterocycles. The van der Waals surface area contributed by atoms with Crippen molar-refractivity contribution in [2.24, 2.45) is 0 Å². The highest BCUT2D eigenvalue weighted by Gasteiger charge is 2.12. The van der Waals surface area contributed by atoms with E-state index in [0.29, 0.717) is 0 Å². The summed E-state index contributed by atoms with van der Waals surface area (Å²) in [6.45, 7) is 10.4. The predicted molar refractivity (Wildman–Crippen MR) is 116 cm³/mol. The maximum Gasteiger partial charge on any atom is 0.0461 e. The van der Waals surface area contributed by atoms with Gasteiger partial charge in [-0.1, -0.05) is 68.8 Å². The van der Waals surface area contributed by atoms with Gasteiger partial charge < -0.3 is 4.90 Å². The van der Waals surface area contributed by atoms with Gasteiger partial charge in [0.1, 0.15) is 0 Å². The number of hydrogen-bond donors (Lipinski definition) is 0. The maximum atomic E-state index is 3.90. The Kier molecular flexibility index (Phi) is 7.95. The van der Waals surface area contributed by atoms with Crippen molar-refractivity contribution >= 4 is 11.4 Å². The Morgan fingerprint density at radius 2 is 1.58 bits per heavy atom. The van der Waals surface area contributed by atoms with E-state index in [9.17, 15) is 0 Å². The van der Waals surface area contributed by atoms with Gasteiger partial charge in [-0.25, -0.2) is 0 Å². The van der Waals surface area contributed by atoms with Crippen LogP contribution in [0.1, 0.15) is 44.2 Å². The van der Waals surface area contributed by atoms with Gasteiger partial charge in [-0.2, -0.15) is 0 Å². The van der Waals surface area contributed by atoms with Gasteiger partial charge in [0, 0.05) is 17.1 Å². The van der Waals surface area contributed by atoms with E-state index in [-0.39, 0.29) is 0 Å². The van der Waals surface area contributed by atoms with Crippen molar-refractivity contribution in [1.82, 2.24) is 0 Å². The number of rotatable bonds is 9. The first kappa shape index (κ1) is 19.8. The lowest BCUT2D eigenvalue weighted by molar-refractivity contribution is 0.795. The zero-order valence-electron chi connectivity index (χ0n) is 16.4. The van der Waals surface area contributed by atoms with Crippen LogP contribution in [0.4, 0.5) is 11.4 Å².